The van der Waals surface area contributed by atoms with Gasteiger partial charge in [-0.1, -0.05) is 24.3 Å². The maximum atomic E-state index is 13.3. The molecule has 0 bridgehead atoms. The number of aryl methyl sites for hydroxylation is 1. The van der Waals surface area contributed by atoms with Crippen molar-refractivity contribution < 1.29 is 4.74 Å². The smallest absolute Gasteiger partial charge is 0.261 e. The van der Waals surface area contributed by atoms with Crippen LogP contribution in [0.15, 0.2) is 53.3 Å². The third kappa shape index (κ3) is 2.97. The Morgan fingerprint density at radius 2 is 1.83 bits per heavy atom. The van der Waals surface area contributed by atoms with E-state index in [0.29, 0.717) is 18.5 Å². The fraction of sp³-hybridized carbons (Fsp3) is 0.348. The van der Waals surface area contributed by atoms with Crippen LogP contribution >= 0.6 is 0 Å². The molecule has 154 valence electrons. The fourth-order valence-electron chi connectivity index (χ4n) is 4.50. The standard InChI is InChI=1S/C23H25N5O2/c1-26-19-11-6-5-10-18(19)25-23(26)27-13-7-12-20(27)21-24-17-9-4-3-8-16(17)22(29)28(21)14-15-30-2/h3-6,8-11,20H,7,12-15H2,1-2H3. The molecule has 1 atom stereocenters. The number of anilines is 1. The van der Waals surface area contributed by atoms with Gasteiger partial charge >= 0.3 is 0 Å². The van der Waals surface area contributed by atoms with Crippen LogP contribution in [0.1, 0.15) is 24.7 Å². The first-order valence-corrected chi connectivity index (χ1v) is 10.4. The Morgan fingerprint density at radius 3 is 2.63 bits per heavy atom. The molecule has 2 aromatic carbocycles. The molecule has 0 radical (unpaired) electrons. The van der Waals surface area contributed by atoms with Crippen molar-refractivity contribution in [3.63, 3.8) is 0 Å². The number of para-hydroxylation sites is 3. The van der Waals surface area contributed by atoms with E-state index in [1.54, 1.807) is 11.7 Å². The molecule has 3 heterocycles. The number of benzene rings is 2. The number of hydrogen-bond donors (Lipinski definition) is 0. The maximum absolute atomic E-state index is 13.3. The molecular weight excluding hydrogens is 378 g/mol. The molecule has 1 unspecified atom stereocenters. The SMILES string of the molecule is COCCn1c(C2CCCN2c2nc3ccccc3n2C)nc2ccccc2c1=O. The lowest BCUT2D eigenvalue weighted by Crippen LogP contribution is -2.34. The summed E-state index contributed by atoms with van der Waals surface area (Å²) in [5, 5.41) is 0.643. The van der Waals surface area contributed by atoms with Crippen molar-refractivity contribution >= 4 is 27.9 Å². The molecule has 0 spiro atoms. The van der Waals surface area contributed by atoms with E-state index in [1.807, 2.05) is 49.5 Å². The van der Waals surface area contributed by atoms with Crippen molar-refractivity contribution in [3.8, 4) is 0 Å². The van der Waals surface area contributed by atoms with Crippen LogP contribution in [-0.4, -0.2) is 39.4 Å². The molecule has 1 fully saturated rings. The predicted molar refractivity (Wildman–Crippen MR) is 118 cm³/mol. The Balaban J connectivity index is 1.66. The third-order valence-electron chi connectivity index (χ3n) is 5.98. The molecule has 0 amide bonds. The Bertz CT molecular complexity index is 1280. The monoisotopic (exact) mass is 403 g/mol. The maximum Gasteiger partial charge on any atom is 0.261 e. The summed E-state index contributed by atoms with van der Waals surface area (Å²) in [7, 11) is 3.70. The van der Waals surface area contributed by atoms with Crippen LogP contribution in [0.2, 0.25) is 0 Å². The highest BCUT2D eigenvalue weighted by Crippen LogP contribution is 2.36. The normalized spacial score (nSPS) is 16.7. The van der Waals surface area contributed by atoms with E-state index < -0.39 is 0 Å². The first-order chi connectivity index (χ1) is 14.7. The van der Waals surface area contributed by atoms with Crippen molar-refractivity contribution in [1.82, 2.24) is 19.1 Å². The van der Waals surface area contributed by atoms with Gasteiger partial charge in [0.1, 0.15) is 5.82 Å². The Hall–Kier alpha value is -3.19. The second kappa shape index (κ2) is 7.57. The molecule has 0 aliphatic carbocycles. The first-order valence-electron chi connectivity index (χ1n) is 10.4. The Labute approximate surface area is 174 Å². The number of rotatable bonds is 5. The molecule has 5 rings (SSSR count). The lowest BCUT2D eigenvalue weighted by molar-refractivity contribution is 0.184. The van der Waals surface area contributed by atoms with Crippen LogP contribution in [0.5, 0.6) is 0 Å². The summed E-state index contributed by atoms with van der Waals surface area (Å²) in [5.74, 6) is 1.71. The molecule has 1 aliphatic rings. The number of methoxy groups -OCH3 is 1. The highest BCUT2D eigenvalue weighted by atomic mass is 16.5. The van der Waals surface area contributed by atoms with E-state index in [0.717, 1.165) is 47.7 Å². The number of fused-ring (bicyclic) bond motifs is 2. The zero-order valence-electron chi connectivity index (χ0n) is 17.3. The van der Waals surface area contributed by atoms with Gasteiger partial charge in [0.25, 0.3) is 5.56 Å². The van der Waals surface area contributed by atoms with Crippen LogP contribution in [0.4, 0.5) is 5.95 Å². The molecule has 4 aromatic rings. The van der Waals surface area contributed by atoms with Gasteiger partial charge < -0.3 is 14.2 Å². The summed E-state index contributed by atoms with van der Waals surface area (Å²) in [4.78, 5) is 25.4. The molecule has 0 N–H and O–H groups in total. The molecule has 0 saturated carbocycles. The van der Waals surface area contributed by atoms with E-state index in [2.05, 4.69) is 15.5 Å². The molecule has 7 nitrogen and oxygen atoms in total. The van der Waals surface area contributed by atoms with Crippen LogP contribution < -0.4 is 10.5 Å². The molecule has 2 aromatic heterocycles. The van der Waals surface area contributed by atoms with Gasteiger partial charge in [-0.15, -0.1) is 0 Å². The van der Waals surface area contributed by atoms with Crippen LogP contribution in [0.3, 0.4) is 0 Å². The van der Waals surface area contributed by atoms with Gasteiger partial charge in [-0.05, 0) is 37.1 Å². The zero-order chi connectivity index (χ0) is 20.7. The average molecular weight is 403 g/mol. The predicted octanol–water partition coefficient (Wildman–Crippen LogP) is 3.27. The van der Waals surface area contributed by atoms with Gasteiger partial charge in [0.05, 0.1) is 41.1 Å². The van der Waals surface area contributed by atoms with Gasteiger partial charge in [0.2, 0.25) is 5.95 Å². The molecule has 30 heavy (non-hydrogen) atoms. The van der Waals surface area contributed by atoms with Crippen molar-refractivity contribution in [2.75, 3.05) is 25.2 Å². The molecule has 1 aliphatic heterocycles. The fourth-order valence-corrected chi connectivity index (χ4v) is 4.50. The van der Waals surface area contributed by atoms with Gasteiger partial charge in [0.15, 0.2) is 0 Å². The summed E-state index contributed by atoms with van der Waals surface area (Å²) in [6.45, 7) is 1.83. The highest BCUT2D eigenvalue weighted by molar-refractivity contribution is 5.79. The lowest BCUT2D eigenvalue weighted by Gasteiger charge is -2.27. The van der Waals surface area contributed by atoms with Crippen LogP contribution in [0, 0.1) is 0 Å². The average Bonchev–Trinajstić information content (AvgIpc) is 3.38. The number of imidazole rings is 1. The van der Waals surface area contributed by atoms with Crippen LogP contribution in [0.25, 0.3) is 21.9 Å². The first kappa shape index (κ1) is 18.8. The van der Waals surface area contributed by atoms with E-state index in [9.17, 15) is 4.79 Å². The Morgan fingerprint density at radius 1 is 1.07 bits per heavy atom. The third-order valence-corrected chi connectivity index (χ3v) is 5.98. The van der Waals surface area contributed by atoms with Crippen molar-refractivity contribution in [2.24, 2.45) is 7.05 Å². The van der Waals surface area contributed by atoms with Gasteiger partial charge in [0, 0.05) is 20.7 Å². The van der Waals surface area contributed by atoms with E-state index in [-0.39, 0.29) is 11.6 Å². The summed E-state index contributed by atoms with van der Waals surface area (Å²) >= 11 is 0. The number of nitrogens with zero attached hydrogens (tertiary/aromatic N) is 5. The zero-order valence-corrected chi connectivity index (χ0v) is 17.3. The highest BCUT2D eigenvalue weighted by Gasteiger charge is 2.33. The quantitative estimate of drug-likeness (QED) is 0.512. The van der Waals surface area contributed by atoms with Crippen molar-refractivity contribution in [2.45, 2.75) is 25.4 Å². The van der Waals surface area contributed by atoms with Crippen LogP contribution in [-0.2, 0) is 18.3 Å². The molecule has 7 heteroatoms. The summed E-state index contributed by atoms with van der Waals surface area (Å²) in [5.41, 5.74) is 2.80. The number of hydrogen-bond acceptors (Lipinski definition) is 5. The lowest BCUT2D eigenvalue weighted by atomic mass is 10.1. The van der Waals surface area contributed by atoms with Gasteiger partial charge in [-0.2, -0.15) is 0 Å². The largest absolute Gasteiger partial charge is 0.383 e. The molecular formula is C23H25N5O2. The molecule has 1 saturated heterocycles. The second-order valence-corrected chi connectivity index (χ2v) is 7.75. The topological polar surface area (TPSA) is 65.2 Å². The van der Waals surface area contributed by atoms with E-state index >= 15 is 0 Å². The summed E-state index contributed by atoms with van der Waals surface area (Å²) in [6.07, 6.45) is 1.96. The summed E-state index contributed by atoms with van der Waals surface area (Å²) < 4.78 is 9.20. The Kier molecular flexibility index (Phi) is 4.75. The van der Waals surface area contributed by atoms with E-state index in [1.165, 1.54) is 0 Å². The van der Waals surface area contributed by atoms with E-state index in [4.69, 9.17) is 14.7 Å². The minimum Gasteiger partial charge on any atom is -0.383 e. The number of aromatic nitrogens is 4. The minimum absolute atomic E-state index is 0.00493. The van der Waals surface area contributed by atoms with Gasteiger partial charge in [-0.25, -0.2) is 9.97 Å². The second-order valence-electron chi connectivity index (χ2n) is 7.75. The summed E-state index contributed by atoms with van der Waals surface area (Å²) in [6, 6.07) is 15.7. The minimum atomic E-state index is -0.00972. The van der Waals surface area contributed by atoms with Crippen molar-refractivity contribution in [1.29, 1.82) is 0 Å². The van der Waals surface area contributed by atoms with Crippen molar-refractivity contribution in [3.05, 3.63) is 64.7 Å². The number of ether oxygens (including phenoxy) is 1. The van der Waals surface area contributed by atoms with Gasteiger partial charge in [-0.3, -0.25) is 9.36 Å².